The summed E-state index contributed by atoms with van der Waals surface area (Å²) >= 11 is 0. The molecule has 1 aromatic rings. The summed E-state index contributed by atoms with van der Waals surface area (Å²) in [6, 6.07) is 4.17. The van der Waals surface area contributed by atoms with Gasteiger partial charge < -0.3 is 9.84 Å². The molecule has 0 amide bonds. The minimum Gasteiger partial charge on any atom is -0.465 e. The lowest BCUT2D eigenvalue weighted by Crippen LogP contribution is -2.33. The van der Waals surface area contributed by atoms with Crippen molar-refractivity contribution in [3.63, 3.8) is 0 Å². The van der Waals surface area contributed by atoms with Crippen molar-refractivity contribution < 1.29 is 23.1 Å². The van der Waals surface area contributed by atoms with Gasteiger partial charge in [0.05, 0.1) is 17.6 Å². The molecule has 0 aromatic heterocycles. The van der Waals surface area contributed by atoms with E-state index in [1.807, 2.05) is 0 Å². The van der Waals surface area contributed by atoms with Gasteiger partial charge in [-0.25, -0.2) is 17.9 Å². The van der Waals surface area contributed by atoms with E-state index >= 15 is 0 Å². The van der Waals surface area contributed by atoms with E-state index in [4.69, 9.17) is 5.11 Å². The maximum Gasteiger partial charge on any atom is 0.338 e. The summed E-state index contributed by atoms with van der Waals surface area (Å²) < 4.78 is 31.9. The Balaban J connectivity index is 3.06. The smallest absolute Gasteiger partial charge is 0.338 e. The Morgan fingerprint density at radius 2 is 2.10 bits per heavy atom. The van der Waals surface area contributed by atoms with E-state index in [1.165, 1.54) is 25.3 Å². The van der Waals surface area contributed by atoms with Crippen LogP contribution in [-0.2, 0) is 14.8 Å². The Morgan fingerprint density at radius 1 is 1.43 bits per heavy atom. The molecule has 0 unspecified atom stereocenters. The van der Waals surface area contributed by atoms with Gasteiger partial charge in [0, 0.05) is 12.6 Å². The van der Waals surface area contributed by atoms with Crippen molar-refractivity contribution in [1.82, 2.24) is 4.72 Å². The highest BCUT2D eigenvalue weighted by Crippen LogP contribution is 2.20. The molecular weight excluding hydrogens is 294 g/mol. The van der Waals surface area contributed by atoms with Gasteiger partial charge in [0.15, 0.2) is 0 Å². The molecule has 0 saturated heterocycles. The van der Waals surface area contributed by atoms with Crippen LogP contribution in [0.15, 0.2) is 23.1 Å². The van der Waals surface area contributed by atoms with Gasteiger partial charge >= 0.3 is 5.97 Å². The third-order valence-corrected chi connectivity index (χ3v) is 4.86. The summed E-state index contributed by atoms with van der Waals surface area (Å²) in [6.45, 7) is 3.31. The normalized spacial score (nSPS) is 13.0. The van der Waals surface area contributed by atoms with Crippen LogP contribution < -0.4 is 4.72 Å². The predicted molar refractivity (Wildman–Crippen MR) is 78.6 cm³/mol. The van der Waals surface area contributed by atoms with Crippen LogP contribution in [0.1, 0.15) is 35.7 Å². The highest BCUT2D eigenvalue weighted by Gasteiger charge is 2.22. The highest BCUT2D eigenvalue weighted by molar-refractivity contribution is 7.89. The number of hydrogen-bond donors (Lipinski definition) is 2. The monoisotopic (exact) mass is 315 g/mol. The van der Waals surface area contributed by atoms with Crippen LogP contribution in [0.25, 0.3) is 0 Å². The molecule has 0 fully saturated rings. The Bertz CT molecular complexity index is 597. The number of esters is 1. The molecule has 6 nitrogen and oxygen atoms in total. The first-order chi connectivity index (χ1) is 9.83. The summed E-state index contributed by atoms with van der Waals surface area (Å²) in [5.41, 5.74) is 0.578. The van der Waals surface area contributed by atoms with Crippen LogP contribution in [0.5, 0.6) is 0 Å². The van der Waals surface area contributed by atoms with Gasteiger partial charge in [0.2, 0.25) is 10.0 Å². The number of rotatable bonds is 7. The lowest BCUT2D eigenvalue weighted by molar-refractivity contribution is 0.0599. The molecule has 2 N–H and O–H groups in total. The molecule has 0 bridgehead atoms. The van der Waals surface area contributed by atoms with E-state index in [9.17, 15) is 13.2 Å². The molecule has 1 atom stereocenters. The fourth-order valence-corrected chi connectivity index (χ4v) is 3.57. The van der Waals surface area contributed by atoms with Crippen molar-refractivity contribution in [3.05, 3.63) is 29.3 Å². The molecule has 118 valence electrons. The Hall–Kier alpha value is -1.44. The van der Waals surface area contributed by atoms with E-state index in [-0.39, 0.29) is 23.1 Å². The molecule has 0 aliphatic carbocycles. The van der Waals surface area contributed by atoms with E-state index in [0.717, 1.165) is 0 Å². The number of aliphatic hydroxyl groups is 1. The summed E-state index contributed by atoms with van der Waals surface area (Å²) in [4.78, 5) is 11.7. The molecule has 7 heteroatoms. The fraction of sp³-hybridized carbons (Fsp3) is 0.500. The van der Waals surface area contributed by atoms with Crippen LogP contribution in [0, 0.1) is 6.92 Å². The molecule has 0 aliphatic rings. The third-order valence-electron chi connectivity index (χ3n) is 3.13. The Labute approximate surface area is 125 Å². The number of aliphatic hydroxyl groups excluding tert-OH is 1. The minimum absolute atomic E-state index is 0.0168. The second kappa shape index (κ2) is 7.53. The zero-order chi connectivity index (χ0) is 16.0. The number of carbonyl (C=O) groups is 1. The second-order valence-electron chi connectivity index (χ2n) is 4.81. The molecular formula is C14H21NO5S. The minimum atomic E-state index is -3.72. The van der Waals surface area contributed by atoms with Crippen LogP contribution in [0.4, 0.5) is 0 Å². The first-order valence-electron chi connectivity index (χ1n) is 6.64. The second-order valence-corrected chi connectivity index (χ2v) is 6.49. The maximum absolute atomic E-state index is 12.4. The predicted octanol–water partition coefficient (Wildman–Crippen LogP) is 1.22. The van der Waals surface area contributed by atoms with Crippen LogP contribution in [0.3, 0.4) is 0 Å². The SMILES string of the molecule is COC(=O)c1cccc(S(=O)(=O)N[C@@H](C)CCCO)c1C. The van der Waals surface area contributed by atoms with E-state index in [0.29, 0.717) is 18.4 Å². The average molecular weight is 315 g/mol. The van der Waals surface area contributed by atoms with E-state index in [2.05, 4.69) is 9.46 Å². The number of sulfonamides is 1. The van der Waals surface area contributed by atoms with E-state index in [1.54, 1.807) is 13.8 Å². The largest absolute Gasteiger partial charge is 0.465 e. The summed E-state index contributed by atoms with van der Waals surface area (Å²) in [7, 11) is -2.48. The molecule has 1 aromatic carbocycles. The molecule has 0 aliphatic heterocycles. The van der Waals surface area contributed by atoms with Crippen molar-refractivity contribution in [2.24, 2.45) is 0 Å². The van der Waals surface area contributed by atoms with Crippen LogP contribution in [0.2, 0.25) is 0 Å². The van der Waals surface area contributed by atoms with Crippen molar-refractivity contribution in [1.29, 1.82) is 0 Å². The van der Waals surface area contributed by atoms with Gasteiger partial charge in [-0.15, -0.1) is 0 Å². The number of methoxy groups -OCH3 is 1. The number of benzene rings is 1. The summed E-state index contributed by atoms with van der Waals surface area (Å²) in [6.07, 6.45) is 1.05. The van der Waals surface area contributed by atoms with Gasteiger partial charge in [0.1, 0.15) is 0 Å². The van der Waals surface area contributed by atoms with Crippen molar-refractivity contribution in [3.8, 4) is 0 Å². The lowest BCUT2D eigenvalue weighted by atomic mass is 10.1. The maximum atomic E-state index is 12.4. The van der Waals surface area contributed by atoms with Gasteiger partial charge in [-0.05, 0) is 44.4 Å². The van der Waals surface area contributed by atoms with Crippen molar-refractivity contribution in [2.45, 2.75) is 37.6 Å². The number of ether oxygens (including phenoxy) is 1. The molecule has 0 radical (unpaired) electrons. The number of carbonyl (C=O) groups excluding carboxylic acids is 1. The number of nitrogens with one attached hydrogen (secondary N) is 1. The quantitative estimate of drug-likeness (QED) is 0.738. The number of hydrogen-bond acceptors (Lipinski definition) is 5. The van der Waals surface area contributed by atoms with E-state index < -0.39 is 16.0 Å². The zero-order valence-electron chi connectivity index (χ0n) is 12.4. The zero-order valence-corrected chi connectivity index (χ0v) is 13.2. The Kier molecular flexibility index (Phi) is 6.32. The third kappa shape index (κ3) is 4.52. The molecule has 21 heavy (non-hydrogen) atoms. The molecule has 0 spiro atoms. The summed E-state index contributed by atoms with van der Waals surface area (Å²) in [5, 5.41) is 8.77. The van der Waals surface area contributed by atoms with Gasteiger partial charge in [-0.1, -0.05) is 6.07 Å². The van der Waals surface area contributed by atoms with Crippen LogP contribution in [-0.4, -0.2) is 39.3 Å². The molecule has 0 heterocycles. The fourth-order valence-electron chi connectivity index (χ4n) is 2.02. The van der Waals surface area contributed by atoms with Crippen LogP contribution >= 0.6 is 0 Å². The first-order valence-corrected chi connectivity index (χ1v) is 8.13. The molecule has 1 rings (SSSR count). The molecule has 0 saturated carbocycles. The standard InChI is InChI=1S/C14H21NO5S/c1-10(6-5-9-16)15-21(18,19)13-8-4-7-12(11(13)2)14(17)20-3/h4,7-8,10,15-16H,5-6,9H2,1-3H3/t10-/m0/s1. The lowest BCUT2D eigenvalue weighted by Gasteiger charge is -2.16. The van der Waals surface area contributed by atoms with Gasteiger partial charge in [-0.2, -0.15) is 0 Å². The van der Waals surface area contributed by atoms with Gasteiger partial charge in [-0.3, -0.25) is 0 Å². The summed E-state index contributed by atoms with van der Waals surface area (Å²) in [5.74, 6) is -0.571. The van der Waals surface area contributed by atoms with Crippen molar-refractivity contribution >= 4 is 16.0 Å². The topological polar surface area (TPSA) is 92.7 Å². The first kappa shape index (κ1) is 17.6. The van der Waals surface area contributed by atoms with Crippen molar-refractivity contribution in [2.75, 3.05) is 13.7 Å². The highest BCUT2D eigenvalue weighted by atomic mass is 32.2. The average Bonchev–Trinajstić information content (AvgIpc) is 2.43. The Morgan fingerprint density at radius 3 is 2.67 bits per heavy atom. The van der Waals surface area contributed by atoms with Gasteiger partial charge in [0.25, 0.3) is 0 Å².